The molecule has 0 N–H and O–H groups in total. The number of hydrogen-bond donors (Lipinski definition) is 0. The van der Waals surface area contributed by atoms with Crippen LogP contribution in [0.15, 0.2) is 82.7 Å². The van der Waals surface area contributed by atoms with Crippen LogP contribution in [0.1, 0.15) is 63.6 Å². The molecule has 0 bridgehead atoms. The van der Waals surface area contributed by atoms with Gasteiger partial charge in [-0.3, -0.25) is 4.79 Å². The number of para-hydroxylation sites is 1. The summed E-state index contributed by atoms with van der Waals surface area (Å²) in [5.74, 6) is 2.28. The quantitative estimate of drug-likeness (QED) is 0.175. The maximum atomic E-state index is 14.0. The SMILES string of the molecule is CCOc1cc(C)c(-c2nc3ccccc3c(=O)n2N=Cc2c(O[C@@H](C)CC)ccc3ccccc23)cc1C(C)C. The molecule has 210 valence electrons. The van der Waals surface area contributed by atoms with Gasteiger partial charge in [0.25, 0.3) is 5.56 Å². The highest BCUT2D eigenvalue weighted by Crippen LogP contribution is 2.34. The first-order valence-electron chi connectivity index (χ1n) is 14.3. The molecule has 0 saturated carbocycles. The minimum atomic E-state index is -0.231. The molecule has 6 heteroatoms. The average Bonchev–Trinajstić information content (AvgIpc) is 2.97. The number of aromatic nitrogens is 2. The van der Waals surface area contributed by atoms with Gasteiger partial charge in [-0.2, -0.15) is 9.78 Å². The van der Waals surface area contributed by atoms with E-state index in [-0.39, 0.29) is 17.6 Å². The van der Waals surface area contributed by atoms with E-state index in [1.807, 2.05) is 69.3 Å². The summed E-state index contributed by atoms with van der Waals surface area (Å²) in [7, 11) is 0. The zero-order chi connectivity index (χ0) is 29.1. The number of nitrogens with zero attached hydrogens (tertiary/aromatic N) is 3. The molecule has 0 spiro atoms. The van der Waals surface area contributed by atoms with E-state index in [0.29, 0.717) is 23.3 Å². The summed E-state index contributed by atoms with van der Waals surface area (Å²) in [5.41, 5.74) is 4.07. The van der Waals surface area contributed by atoms with Gasteiger partial charge in [-0.1, -0.05) is 63.2 Å². The van der Waals surface area contributed by atoms with Gasteiger partial charge in [0.15, 0.2) is 5.82 Å². The Morgan fingerprint density at radius 3 is 2.39 bits per heavy atom. The number of aryl methyl sites for hydroxylation is 1. The Morgan fingerprint density at radius 2 is 1.66 bits per heavy atom. The minimum absolute atomic E-state index is 0.0323. The van der Waals surface area contributed by atoms with Crippen LogP contribution in [-0.4, -0.2) is 28.6 Å². The highest BCUT2D eigenvalue weighted by Gasteiger charge is 2.19. The second kappa shape index (κ2) is 12.0. The van der Waals surface area contributed by atoms with Crippen LogP contribution in [0.3, 0.4) is 0 Å². The summed E-state index contributed by atoms with van der Waals surface area (Å²) in [6.45, 7) is 13.0. The van der Waals surface area contributed by atoms with E-state index in [0.717, 1.165) is 50.9 Å². The predicted molar refractivity (Wildman–Crippen MR) is 169 cm³/mol. The maximum Gasteiger partial charge on any atom is 0.282 e. The summed E-state index contributed by atoms with van der Waals surface area (Å²) < 4.78 is 13.7. The van der Waals surface area contributed by atoms with Crippen molar-refractivity contribution in [3.8, 4) is 22.9 Å². The fraction of sp³-hybridized carbons (Fsp3) is 0.286. The molecule has 41 heavy (non-hydrogen) atoms. The Hall–Kier alpha value is -4.45. The van der Waals surface area contributed by atoms with Crippen molar-refractivity contribution in [2.45, 2.75) is 60.0 Å². The van der Waals surface area contributed by atoms with Gasteiger partial charge in [-0.15, -0.1) is 0 Å². The Kier molecular flexibility index (Phi) is 8.20. The summed E-state index contributed by atoms with van der Waals surface area (Å²) in [4.78, 5) is 18.9. The van der Waals surface area contributed by atoms with Crippen molar-refractivity contribution in [3.05, 3.63) is 99.8 Å². The minimum Gasteiger partial charge on any atom is -0.494 e. The molecule has 1 heterocycles. The first kappa shape index (κ1) is 28.1. The topological polar surface area (TPSA) is 65.7 Å². The molecule has 0 aliphatic carbocycles. The van der Waals surface area contributed by atoms with Gasteiger partial charge in [0.1, 0.15) is 11.5 Å². The lowest BCUT2D eigenvalue weighted by Gasteiger charge is -2.18. The maximum absolute atomic E-state index is 14.0. The van der Waals surface area contributed by atoms with Gasteiger partial charge < -0.3 is 9.47 Å². The highest BCUT2D eigenvalue weighted by atomic mass is 16.5. The Bertz CT molecular complexity index is 1800. The summed E-state index contributed by atoms with van der Waals surface area (Å²) in [6.07, 6.45) is 2.63. The van der Waals surface area contributed by atoms with Gasteiger partial charge in [-0.25, -0.2) is 4.98 Å². The Labute approximate surface area is 241 Å². The van der Waals surface area contributed by atoms with Gasteiger partial charge in [0, 0.05) is 11.1 Å². The number of hydrogen-bond acceptors (Lipinski definition) is 5. The third kappa shape index (κ3) is 5.60. The van der Waals surface area contributed by atoms with Crippen LogP contribution in [0, 0.1) is 6.92 Å². The van der Waals surface area contributed by atoms with Crippen molar-refractivity contribution in [2.24, 2.45) is 5.10 Å². The van der Waals surface area contributed by atoms with Gasteiger partial charge >= 0.3 is 0 Å². The van der Waals surface area contributed by atoms with E-state index in [1.165, 1.54) is 4.68 Å². The van der Waals surface area contributed by atoms with E-state index in [4.69, 9.17) is 19.6 Å². The van der Waals surface area contributed by atoms with Gasteiger partial charge in [0.2, 0.25) is 0 Å². The van der Waals surface area contributed by atoms with E-state index in [9.17, 15) is 4.79 Å². The van der Waals surface area contributed by atoms with Crippen LogP contribution in [-0.2, 0) is 0 Å². The largest absolute Gasteiger partial charge is 0.494 e. The molecule has 0 aliphatic rings. The van der Waals surface area contributed by atoms with Crippen LogP contribution < -0.4 is 15.0 Å². The van der Waals surface area contributed by atoms with Crippen molar-refractivity contribution in [1.82, 2.24) is 9.66 Å². The van der Waals surface area contributed by atoms with Crippen molar-refractivity contribution in [2.75, 3.05) is 6.61 Å². The van der Waals surface area contributed by atoms with Crippen molar-refractivity contribution >= 4 is 27.9 Å². The molecule has 0 radical (unpaired) electrons. The lowest BCUT2D eigenvalue weighted by molar-refractivity contribution is 0.217. The molecule has 5 aromatic rings. The van der Waals surface area contributed by atoms with Crippen LogP contribution >= 0.6 is 0 Å². The third-order valence-electron chi connectivity index (χ3n) is 7.41. The van der Waals surface area contributed by atoms with Crippen molar-refractivity contribution in [3.63, 3.8) is 0 Å². The fourth-order valence-electron chi connectivity index (χ4n) is 5.00. The molecular formula is C35H37N3O3. The molecule has 1 atom stereocenters. The van der Waals surface area contributed by atoms with E-state index >= 15 is 0 Å². The zero-order valence-corrected chi connectivity index (χ0v) is 24.6. The lowest BCUT2D eigenvalue weighted by atomic mass is 9.96. The van der Waals surface area contributed by atoms with Crippen LogP contribution in [0.4, 0.5) is 0 Å². The molecule has 4 aromatic carbocycles. The van der Waals surface area contributed by atoms with Crippen molar-refractivity contribution < 1.29 is 9.47 Å². The molecule has 0 saturated heterocycles. The molecule has 1 aromatic heterocycles. The van der Waals surface area contributed by atoms with Gasteiger partial charge in [-0.05, 0) is 85.3 Å². The molecule has 0 unspecified atom stereocenters. The number of rotatable bonds is 9. The summed E-state index contributed by atoms with van der Waals surface area (Å²) >= 11 is 0. The van der Waals surface area contributed by atoms with Crippen molar-refractivity contribution in [1.29, 1.82) is 0 Å². The molecule has 0 fully saturated rings. The summed E-state index contributed by atoms with van der Waals surface area (Å²) in [6, 6.07) is 23.7. The Balaban J connectivity index is 1.77. The molecule has 6 nitrogen and oxygen atoms in total. The fourth-order valence-corrected chi connectivity index (χ4v) is 5.00. The lowest BCUT2D eigenvalue weighted by Crippen LogP contribution is -2.21. The van der Waals surface area contributed by atoms with Crippen LogP contribution in [0.25, 0.3) is 33.1 Å². The monoisotopic (exact) mass is 547 g/mol. The van der Waals surface area contributed by atoms with E-state index in [2.05, 4.69) is 39.0 Å². The standard InChI is InChI=1S/C35H37N3O3/c1-7-24(6)41-32-18-17-25-13-9-10-14-26(25)30(32)21-36-38-34(37-31-16-12-11-15-27(31)35(38)39)29-20-28(22(3)4)33(40-8-2)19-23(29)5/h9-22,24H,7-8H2,1-6H3/t24-/m0/s1. The highest BCUT2D eigenvalue weighted by molar-refractivity contribution is 6.02. The normalized spacial score (nSPS) is 12.5. The molecule has 0 amide bonds. The molecule has 5 rings (SSSR count). The predicted octanol–water partition coefficient (Wildman–Crippen LogP) is 8.11. The van der Waals surface area contributed by atoms with E-state index < -0.39 is 0 Å². The van der Waals surface area contributed by atoms with E-state index in [1.54, 1.807) is 12.3 Å². The zero-order valence-electron chi connectivity index (χ0n) is 24.6. The number of ether oxygens (including phenoxy) is 2. The van der Waals surface area contributed by atoms with Crippen LogP contribution in [0.2, 0.25) is 0 Å². The smallest absolute Gasteiger partial charge is 0.282 e. The first-order valence-corrected chi connectivity index (χ1v) is 14.3. The molecular weight excluding hydrogens is 510 g/mol. The average molecular weight is 548 g/mol. The second-order valence-electron chi connectivity index (χ2n) is 10.6. The number of fused-ring (bicyclic) bond motifs is 2. The number of benzene rings is 4. The third-order valence-corrected chi connectivity index (χ3v) is 7.41. The molecule has 0 aliphatic heterocycles. The van der Waals surface area contributed by atoms with Crippen LogP contribution in [0.5, 0.6) is 11.5 Å². The summed E-state index contributed by atoms with van der Waals surface area (Å²) in [5, 5.41) is 7.40. The second-order valence-corrected chi connectivity index (χ2v) is 10.6. The van der Waals surface area contributed by atoms with Gasteiger partial charge in [0.05, 0.1) is 29.8 Å². The Morgan fingerprint density at radius 1 is 0.927 bits per heavy atom. The first-order chi connectivity index (χ1) is 19.8.